The number of carbonyl (C=O) groups excluding carboxylic acids is 2. The molecule has 1 saturated heterocycles. The van der Waals surface area contributed by atoms with Gasteiger partial charge in [-0.2, -0.15) is 0 Å². The van der Waals surface area contributed by atoms with Crippen molar-refractivity contribution in [1.82, 2.24) is 10.6 Å². The quantitative estimate of drug-likeness (QED) is 0.759. The van der Waals surface area contributed by atoms with Crippen molar-refractivity contribution in [3.05, 3.63) is 29.8 Å². The molecule has 1 aromatic carbocycles. The molecule has 0 aromatic heterocycles. The van der Waals surface area contributed by atoms with Crippen LogP contribution < -0.4 is 16.0 Å². The third-order valence-corrected chi connectivity index (χ3v) is 3.41. The van der Waals surface area contributed by atoms with E-state index in [2.05, 4.69) is 16.0 Å². The molecule has 0 spiro atoms. The van der Waals surface area contributed by atoms with Crippen molar-refractivity contribution < 1.29 is 18.4 Å². The lowest BCUT2D eigenvalue weighted by Gasteiger charge is -2.11. The lowest BCUT2D eigenvalue weighted by Crippen LogP contribution is -2.41. The van der Waals surface area contributed by atoms with Crippen LogP contribution in [0.2, 0.25) is 0 Å². The summed E-state index contributed by atoms with van der Waals surface area (Å²) in [5, 5.41) is 7.83. The van der Waals surface area contributed by atoms with Gasteiger partial charge in [0.25, 0.3) is 5.92 Å². The number of carbonyl (C=O) groups is 2. The van der Waals surface area contributed by atoms with Gasteiger partial charge in [-0.1, -0.05) is 12.1 Å². The molecular formula is C15H20ClF2N3O2. The van der Waals surface area contributed by atoms with Gasteiger partial charge in [-0.25, -0.2) is 8.78 Å². The summed E-state index contributed by atoms with van der Waals surface area (Å²) in [5.74, 6) is -3.34. The first-order valence-corrected chi connectivity index (χ1v) is 7.11. The molecule has 1 heterocycles. The van der Waals surface area contributed by atoms with Crippen molar-refractivity contribution in [3.8, 4) is 0 Å². The summed E-state index contributed by atoms with van der Waals surface area (Å²) in [4.78, 5) is 22.6. The van der Waals surface area contributed by atoms with E-state index in [0.29, 0.717) is 18.7 Å². The van der Waals surface area contributed by atoms with Gasteiger partial charge in [0.15, 0.2) is 0 Å². The predicted octanol–water partition coefficient (Wildman–Crippen LogP) is 1.72. The van der Waals surface area contributed by atoms with Gasteiger partial charge in [-0.05, 0) is 24.1 Å². The molecule has 1 atom stereocenters. The molecular weight excluding hydrogens is 328 g/mol. The Balaban J connectivity index is 0.00000264. The van der Waals surface area contributed by atoms with Crippen LogP contribution in [0.1, 0.15) is 18.9 Å². The molecule has 3 N–H and O–H groups in total. The van der Waals surface area contributed by atoms with Crippen LogP contribution in [-0.2, 0) is 16.0 Å². The molecule has 128 valence electrons. The Kier molecular flexibility index (Phi) is 6.90. The molecule has 0 radical (unpaired) electrons. The van der Waals surface area contributed by atoms with Gasteiger partial charge in [0.2, 0.25) is 11.8 Å². The zero-order valence-corrected chi connectivity index (χ0v) is 13.5. The summed E-state index contributed by atoms with van der Waals surface area (Å²) in [6.45, 7) is 1.36. The Hall–Kier alpha value is -1.73. The van der Waals surface area contributed by atoms with E-state index < -0.39 is 30.8 Å². The standard InChI is InChI=1S/C15H19F2N3O2.ClH/c1-10(21)20-12-4-2-11(3-5-12)6-7-18-14(22)13-8-15(16,17)9-19-13;/h2-5,13,19H,6-9H2,1H3,(H,18,22)(H,20,21);1H. The number of nitrogens with one attached hydrogen (secondary N) is 3. The number of hydrogen-bond donors (Lipinski definition) is 3. The molecule has 1 aliphatic heterocycles. The molecule has 0 aliphatic carbocycles. The summed E-state index contributed by atoms with van der Waals surface area (Å²) < 4.78 is 26.0. The minimum atomic E-state index is -2.80. The Morgan fingerprint density at radius 3 is 2.48 bits per heavy atom. The van der Waals surface area contributed by atoms with Crippen molar-refractivity contribution in [1.29, 1.82) is 0 Å². The lowest BCUT2D eigenvalue weighted by atomic mass is 10.1. The Morgan fingerprint density at radius 1 is 1.30 bits per heavy atom. The van der Waals surface area contributed by atoms with E-state index >= 15 is 0 Å². The highest BCUT2D eigenvalue weighted by atomic mass is 35.5. The number of halogens is 3. The predicted molar refractivity (Wildman–Crippen MR) is 86.1 cm³/mol. The monoisotopic (exact) mass is 347 g/mol. The van der Waals surface area contributed by atoms with Gasteiger partial charge in [-0.3, -0.25) is 14.9 Å². The summed E-state index contributed by atoms with van der Waals surface area (Å²) >= 11 is 0. The molecule has 2 rings (SSSR count). The SMILES string of the molecule is CC(=O)Nc1ccc(CCNC(=O)C2CC(F)(F)CN2)cc1.Cl. The second kappa shape index (κ2) is 8.21. The summed E-state index contributed by atoms with van der Waals surface area (Å²) in [6.07, 6.45) is 0.138. The Bertz CT molecular complexity index is 552. The van der Waals surface area contributed by atoms with E-state index in [9.17, 15) is 18.4 Å². The molecule has 1 unspecified atom stereocenters. The van der Waals surface area contributed by atoms with Crippen LogP contribution in [0, 0.1) is 0 Å². The molecule has 0 bridgehead atoms. The molecule has 8 heteroatoms. The first-order valence-electron chi connectivity index (χ1n) is 7.11. The van der Waals surface area contributed by atoms with Gasteiger partial charge >= 0.3 is 0 Å². The van der Waals surface area contributed by atoms with Crippen molar-refractivity contribution >= 4 is 29.9 Å². The van der Waals surface area contributed by atoms with Gasteiger partial charge in [0.1, 0.15) is 0 Å². The first-order chi connectivity index (χ1) is 10.4. The summed E-state index contributed by atoms with van der Waals surface area (Å²) in [6, 6.07) is 6.42. The fourth-order valence-corrected chi connectivity index (χ4v) is 2.31. The summed E-state index contributed by atoms with van der Waals surface area (Å²) in [7, 11) is 0. The number of alkyl halides is 2. The van der Waals surface area contributed by atoms with E-state index in [4.69, 9.17) is 0 Å². The van der Waals surface area contributed by atoms with Crippen LogP contribution in [0.3, 0.4) is 0 Å². The normalized spacial score (nSPS) is 18.8. The van der Waals surface area contributed by atoms with Crippen molar-refractivity contribution in [3.63, 3.8) is 0 Å². The molecule has 0 saturated carbocycles. The smallest absolute Gasteiger partial charge is 0.262 e. The van der Waals surface area contributed by atoms with E-state index in [1.54, 1.807) is 12.1 Å². The third-order valence-electron chi connectivity index (χ3n) is 3.41. The molecule has 1 fully saturated rings. The third kappa shape index (κ3) is 6.11. The zero-order chi connectivity index (χ0) is 16.2. The van der Waals surface area contributed by atoms with Crippen molar-refractivity contribution in [2.75, 3.05) is 18.4 Å². The lowest BCUT2D eigenvalue weighted by molar-refractivity contribution is -0.123. The van der Waals surface area contributed by atoms with Crippen LogP contribution in [-0.4, -0.2) is 36.9 Å². The highest BCUT2D eigenvalue weighted by Gasteiger charge is 2.42. The van der Waals surface area contributed by atoms with E-state index in [-0.39, 0.29) is 18.3 Å². The number of hydrogen-bond acceptors (Lipinski definition) is 3. The van der Waals surface area contributed by atoms with E-state index in [1.807, 2.05) is 12.1 Å². The minimum absolute atomic E-state index is 0. The number of rotatable bonds is 5. The van der Waals surface area contributed by atoms with Gasteiger partial charge in [-0.15, -0.1) is 12.4 Å². The van der Waals surface area contributed by atoms with Gasteiger partial charge in [0.05, 0.1) is 12.6 Å². The maximum atomic E-state index is 13.0. The average Bonchev–Trinajstić information content (AvgIpc) is 2.80. The second-order valence-corrected chi connectivity index (χ2v) is 5.41. The highest BCUT2D eigenvalue weighted by molar-refractivity contribution is 5.88. The number of anilines is 1. The van der Waals surface area contributed by atoms with E-state index in [1.165, 1.54) is 6.92 Å². The van der Waals surface area contributed by atoms with Crippen LogP contribution in [0.4, 0.5) is 14.5 Å². The minimum Gasteiger partial charge on any atom is -0.354 e. The maximum Gasteiger partial charge on any atom is 0.262 e. The molecule has 5 nitrogen and oxygen atoms in total. The number of benzene rings is 1. The topological polar surface area (TPSA) is 70.2 Å². The first kappa shape index (κ1) is 19.3. The largest absolute Gasteiger partial charge is 0.354 e. The fourth-order valence-electron chi connectivity index (χ4n) is 2.31. The Morgan fingerprint density at radius 2 is 1.96 bits per heavy atom. The fraction of sp³-hybridized carbons (Fsp3) is 0.467. The maximum absolute atomic E-state index is 13.0. The molecule has 23 heavy (non-hydrogen) atoms. The average molecular weight is 348 g/mol. The number of amides is 2. The van der Waals surface area contributed by atoms with Gasteiger partial charge in [0, 0.05) is 25.6 Å². The van der Waals surface area contributed by atoms with E-state index in [0.717, 1.165) is 5.56 Å². The summed E-state index contributed by atoms with van der Waals surface area (Å²) in [5.41, 5.74) is 1.69. The molecule has 2 amide bonds. The molecule has 1 aromatic rings. The van der Waals surface area contributed by atoms with Crippen LogP contribution in [0.15, 0.2) is 24.3 Å². The van der Waals surface area contributed by atoms with Gasteiger partial charge < -0.3 is 10.6 Å². The van der Waals surface area contributed by atoms with Crippen molar-refractivity contribution in [2.45, 2.75) is 31.7 Å². The van der Waals surface area contributed by atoms with Crippen molar-refractivity contribution in [2.24, 2.45) is 0 Å². The Labute approximate surface area is 139 Å². The zero-order valence-electron chi connectivity index (χ0n) is 12.7. The van der Waals surface area contributed by atoms with Crippen LogP contribution >= 0.6 is 12.4 Å². The van der Waals surface area contributed by atoms with Crippen LogP contribution in [0.5, 0.6) is 0 Å². The second-order valence-electron chi connectivity index (χ2n) is 5.41. The van der Waals surface area contributed by atoms with Crippen LogP contribution in [0.25, 0.3) is 0 Å². The highest BCUT2D eigenvalue weighted by Crippen LogP contribution is 2.24. The molecule has 1 aliphatic rings.